The number of thiazole rings is 1. The van der Waals surface area contributed by atoms with E-state index in [1.165, 1.54) is 11.3 Å². The third-order valence-electron chi connectivity index (χ3n) is 3.55. The van der Waals surface area contributed by atoms with Crippen molar-refractivity contribution < 1.29 is 9.53 Å². The molecule has 1 N–H and O–H groups in total. The molecule has 0 bridgehead atoms. The van der Waals surface area contributed by atoms with E-state index in [0.717, 1.165) is 31.1 Å². The topological polar surface area (TPSA) is 51.2 Å². The number of aromatic nitrogens is 1. The summed E-state index contributed by atoms with van der Waals surface area (Å²) in [6, 6.07) is 15.9. The first-order valence-corrected chi connectivity index (χ1v) is 9.20. The number of hydrogen-bond acceptors (Lipinski definition) is 6. The van der Waals surface area contributed by atoms with Crippen LogP contribution in [-0.4, -0.2) is 17.6 Å². The molecule has 2 aromatic heterocycles. The van der Waals surface area contributed by atoms with Crippen molar-refractivity contribution in [1.29, 1.82) is 0 Å². The molecule has 0 radical (unpaired) electrons. The molecule has 4 aromatic rings. The molecule has 0 saturated heterocycles. The lowest BCUT2D eigenvalue weighted by atomic mass is 10.2. The quantitative estimate of drug-likeness (QED) is 0.496. The van der Waals surface area contributed by atoms with Gasteiger partial charge in [0.15, 0.2) is 5.13 Å². The Balaban J connectivity index is 1.75. The Morgan fingerprint density at radius 2 is 2.00 bits per heavy atom. The SMILES string of the molecule is CCOC(=O)c1cc2c(ccc3nc(Nc4ccccc4)sc32)s1. The third-order valence-corrected chi connectivity index (χ3v) is 5.65. The van der Waals surface area contributed by atoms with Crippen LogP contribution in [0.25, 0.3) is 20.3 Å². The highest BCUT2D eigenvalue weighted by molar-refractivity contribution is 7.25. The third kappa shape index (κ3) is 2.74. The molecule has 6 heteroatoms. The number of para-hydroxylation sites is 1. The van der Waals surface area contributed by atoms with Crippen molar-refractivity contribution in [3.63, 3.8) is 0 Å². The van der Waals surface area contributed by atoms with Gasteiger partial charge in [-0.2, -0.15) is 0 Å². The zero-order valence-electron chi connectivity index (χ0n) is 12.9. The van der Waals surface area contributed by atoms with Crippen LogP contribution >= 0.6 is 22.7 Å². The number of fused-ring (bicyclic) bond motifs is 3. The average molecular weight is 354 g/mol. The highest BCUT2D eigenvalue weighted by Gasteiger charge is 2.15. The van der Waals surface area contributed by atoms with Gasteiger partial charge < -0.3 is 10.1 Å². The number of nitrogens with one attached hydrogen (secondary N) is 1. The summed E-state index contributed by atoms with van der Waals surface area (Å²) < 4.78 is 7.25. The Hall–Kier alpha value is -2.44. The Bertz CT molecular complexity index is 1020. The van der Waals surface area contributed by atoms with Gasteiger partial charge in [-0.25, -0.2) is 9.78 Å². The number of nitrogens with zero attached hydrogens (tertiary/aromatic N) is 1. The van der Waals surface area contributed by atoms with Crippen molar-refractivity contribution >= 4 is 59.8 Å². The number of carbonyl (C=O) groups is 1. The fraction of sp³-hybridized carbons (Fsp3) is 0.111. The number of ether oxygens (including phenoxy) is 1. The van der Waals surface area contributed by atoms with E-state index in [4.69, 9.17) is 4.74 Å². The zero-order chi connectivity index (χ0) is 16.5. The van der Waals surface area contributed by atoms with Crippen molar-refractivity contribution in [1.82, 2.24) is 4.98 Å². The summed E-state index contributed by atoms with van der Waals surface area (Å²) in [5.41, 5.74) is 1.93. The summed E-state index contributed by atoms with van der Waals surface area (Å²) in [6.07, 6.45) is 0. The average Bonchev–Trinajstić information content (AvgIpc) is 3.19. The van der Waals surface area contributed by atoms with E-state index in [2.05, 4.69) is 10.3 Å². The molecule has 0 aliphatic carbocycles. The fourth-order valence-corrected chi connectivity index (χ4v) is 4.53. The number of rotatable bonds is 4. The summed E-state index contributed by atoms with van der Waals surface area (Å²) in [5, 5.41) is 5.22. The van der Waals surface area contributed by atoms with Gasteiger partial charge in [0.1, 0.15) is 4.88 Å². The van der Waals surface area contributed by atoms with Crippen LogP contribution in [0.1, 0.15) is 16.6 Å². The minimum Gasteiger partial charge on any atom is -0.462 e. The lowest BCUT2D eigenvalue weighted by Gasteiger charge is -1.99. The molecule has 2 heterocycles. The van der Waals surface area contributed by atoms with Crippen molar-refractivity contribution in [3.8, 4) is 0 Å². The van der Waals surface area contributed by atoms with Crippen molar-refractivity contribution in [3.05, 3.63) is 53.4 Å². The summed E-state index contributed by atoms with van der Waals surface area (Å²) in [6.45, 7) is 2.20. The molecule has 0 aliphatic heterocycles. The van der Waals surface area contributed by atoms with Gasteiger partial charge in [0.25, 0.3) is 0 Å². The molecule has 2 aromatic carbocycles. The summed E-state index contributed by atoms with van der Waals surface area (Å²) in [4.78, 5) is 17.2. The molecule has 120 valence electrons. The van der Waals surface area contributed by atoms with E-state index in [1.54, 1.807) is 11.3 Å². The van der Waals surface area contributed by atoms with E-state index < -0.39 is 0 Å². The zero-order valence-corrected chi connectivity index (χ0v) is 14.5. The van der Waals surface area contributed by atoms with Crippen LogP contribution in [0.2, 0.25) is 0 Å². The first-order chi connectivity index (χ1) is 11.7. The highest BCUT2D eigenvalue weighted by atomic mass is 32.1. The molecule has 0 atom stereocenters. The molecule has 0 unspecified atom stereocenters. The Labute approximate surface area is 146 Å². The van der Waals surface area contributed by atoms with Gasteiger partial charge in [-0.15, -0.1) is 11.3 Å². The van der Waals surface area contributed by atoms with Crippen molar-refractivity contribution in [2.75, 3.05) is 11.9 Å². The van der Waals surface area contributed by atoms with Gasteiger partial charge in [0, 0.05) is 15.8 Å². The van der Waals surface area contributed by atoms with Crippen LogP contribution in [0.5, 0.6) is 0 Å². The minimum atomic E-state index is -0.265. The van der Waals surface area contributed by atoms with Crippen LogP contribution in [0.4, 0.5) is 10.8 Å². The fourth-order valence-electron chi connectivity index (χ4n) is 2.50. The summed E-state index contributed by atoms with van der Waals surface area (Å²) >= 11 is 3.05. The van der Waals surface area contributed by atoms with Gasteiger partial charge in [-0.05, 0) is 37.3 Å². The van der Waals surface area contributed by atoms with E-state index in [9.17, 15) is 4.79 Å². The van der Waals surface area contributed by atoms with Crippen molar-refractivity contribution in [2.45, 2.75) is 6.92 Å². The van der Waals surface area contributed by atoms with Gasteiger partial charge in [-0.3, -0.25) is 0 Å². The van der Waals surface area contributed by atoms with E-state index in [0.29, 0.717) is 11.5 Å². The number of hydrogen-bond donors (Lipinski definition) is 1. The van der Waals surface area contributed by atoms with E-state index >= 15 is 0 Å². The smallest absolute Gasteiger partial charge is 0.348 e. The van der Waals surface area contributed by atoms with Crippen LogP contribution in [0, 0.1) is 0 Å². The maximum Gasteiger partial charge on any atom is 0.348 e. The van der Waals surface area contributed by atoms with Crippen molar-refractivity contribution in [2.24, 2.45) is 0 Å². The standard InChI is InChI=1S/C18H14N2O2S2/c1-2-22-17(21)15-10-12-14(23-15)9-8-13-16(12)24-18(20-13)19-11-6-4-3-5-7-11/h3-10H,2H2,1H3,(H,19,20). The predicted molar refractivity (Wildman–Crippen MR) is 101 cm³/mol. The first-order valence-electron chi connectivity index (χ1n) is 7.57. The minimum absolute atomic E-state index is 0.265. The molecule has 4 nitrogen and oxygen atoms in total. The van der Waals surface area contributed by atoms with Crippen LogP contribution in [0.3, 0.4) is 0 Å². The second kappa shape index (κ2) is 6.22. The second-order valence-electron chi connectivity index (χ2n) is 5.17. The van der Waals surface area contributed by atoms with Crippen LogP contribution < -0.4 is 5.32 Å². The predicted octanol–water partition coefficient (Wildman–Crippen LogP) is 5.43. The maximum atomic E-state index is 12.0. The molecule has 4 rings (SSSR count). The van der Waals surface area contributed by atoms with Gasteiger partial charge in [0.05, 0.1) is 16.8 Å². The Morgan fingerprint density at radius 1 is 1.17 bits per heavy atom. The monoisotopic (exact) mass is 354 g/mol. The number of benzene rings is 2. The molecule has 0 fully saturated rings. The van der Waals surface area contributed by atoms with E-state index in [1.807, 2.05) is 55.5 Å². The van der Waals surface area contributed by atoms with Gasteiger partial charge >= 0.3 is 5.97 Å². The Kier molecular flexibility index (Phi) is 3.92. The molecular weight excluding hydrogens is 340 g/mol. The van der Waals surface area contributed by atoms with Gasteiger partial charge in [-0.1, -0.05) is 29.5 Å². The molecule has 24 heavy (non-hydrogen) atoms. The lowest BCUT2D eigenvalue weighted by Crippen LogP contribution is -2.01. The maximum absolute atomic E-state index is 12.0. The first kappa shape index (κ1) is 15.1. The lowest BCUT2D eigenvalue weighted by molar-refractivity contribution is 0.0532. The number of carbonyl (C=O) groups excluding carboxylic acids is 1. The molecule has 0 saturated carbocycles. The molecule has 0 amide bonds. The number of esters is 1. The number of anilines is 2. The Morgan fingerprint density at radius 3 is 2.79 bits per heavy atom. The number of thiophene rings is 1. The highest BCUT2D eigenvalue weighted by Crippen LogP contribution is 2.37. The van der Waals surface area contributed by atoms with Gasteiger partial charge in [0.2, 0.25) is 0 Å². The summed E-state index contributed by atoms with van der Waals surface area (Å²) in [5.74, 6) is -0.265. The van der Waals surface area contributed by atoms with Crippen LogP contribution in [-0.2, 0) is 4.74 Å². The molecular formula is C18H14N2O2S2. The molecule has 0 aliphatic rings. The second-order valence-corrected chi connectivity index (χ2v) is 7.25. The largest absolute Gasteiger partial charge is 0.462 e. The summed E-state index contributed by atoms with van der Waals surface area (Å²) in [7, 11) is 0. The van der Waals surface area contributed by atoms with Crippen LogP contribution in [0.15, 0.2) is 48.5 Å². The normalized spacial score (nSPS) is 11.0. The molecule has 0 spiro atoms. The van der Waals surface area contributed by atoms with E-state index in [-0.39, 0.29) is 5.97 Å².